The van der Waals surface area contributed by atoms with Crippen molar-refractivity contribution < 1.29 is 4.79 Å². The Morgan fingerprint density at radius 3 is 2.81 bits per heavy atom. The Kier molecular flexibility index (Phi) is 3.83. The summed E-state index contributed by atoms with van der Waals surface area (Å²) in [5, 5.41) is 6.53. The Morgan fingerprint density at radius 1 is 1.38 bits per heavy atom. The number of amides is 2. The molecule has 4 heteroatoms. The van der Waals surface area contributed by atoms with Gasteiger partial charge in [-0.2, -0.15) is 0 Å². The summed E-state index contributed by atoms with van der Waals surface area (Å²) in [4.78, 5) is 11.4. The maximum Gasteiger partial charge on any atom is 0.315 e. The van der Waals surface area contributed by atoms with Crippen molar-refractivity contribution in [2.45, 2.75) is 18.4 Å². The summed E-state index contributed by atoms with van der Waals surface area (Å²) in [7, 11) is 0. The zero-order chi connectivity index (χ0) is 11.4. The van der Waals surface area contributed by atoms with Crippen LogP contribution in [0.25, 0.3) is 0 Å². The van der Waals surface area contributed by atoms with Crippen LogP contribution in [0.5, 0.6) is 0 Å². The molecule has 0 unspecified atom stereocenters. The summed E-state index contributed by atoms with van der Waals surface area (Å²) in [6.45, 7) is 0.661. The normalized spacial score (nSPS) is 22.6. The van der Waals surface area contributed by atoms with Gasteiger partial charge in [-0.05, 0) is 12.0 Å². The fourth-order valence-corrected chi connectivity index (χ4v) is 2.00. The van der Waals surface area contributed by atoms with Gasteiger partial charge in [0.25, 0.3) is 0 Å². The zero-order valence-electron chi connectivity index (χ0n) is 8.95. The van der Waals surface area contributed by atoms with E-state index in [0.29, 0.717) is 18.5 Å². The van der Waals surface area contributed by atoms with Gasteiger partial charge in [-0.1, -0.05) is 46.3 Å². The monoisotopic (exact) mass is 282 g/mol. The number of alkyl halides is 1. The van der Waals surface area contributed by atoms with Gasteiger partial charge < -0.3 is 10.6 Å². The summed E-state index contributed by atoms with van der Waals surface area (Å²) < 4.78 is 0. The van der Waals surface area contributed by atoms with Crippen molar-refractivity contribution in [1.29, 1.82) is 0 Å². The number of hydrogen-bond acceptors (Lipinski definition) is 1. The number of benzene rings is 1. The first-order chi connectivity index (χ1) is 7.81. The highest BCUT2D eigenvalue weighted by molar-refractivity contribution is 9.09. The molecule has 1 aromatic carbocycles. The lowest BCUT2D eigenvalue weighted by Crippen LogP contribution is -2.38. The predicted octanol–water partition coefficient (Wildman–Crippen LogP) is 2.24. The van der Waals surface area contributed by atoms with Crippen molar-refractivity contribution >= 4 is 22.0 Å². The van der Waals surface area contributed by atoms with E-state index in [2.05, 4.69) is 38.7 Å². The highest BCUT2D eigenvalue weighted by Gasteiger charge is 2.39. The third-order valence-corrected chi connectivity index (χ3v) is 3.11. The molecule has 2 rings (SSSR count). The second-order valence-corrected chi connectivity index (χ2v) is 4.74. The molecule has 2 N–H and O–H groups in total. The molecule has 16 heavy (non-hydrogen) atoms. The number of nitrogens with one attached hydrogen (secondary N) is 2. The summed E-state index contributed by atoms with van der Waals surface area (Å²) >= 11 is 3.27. The average molecular weight is 283 g/mol. The minimum absolute atomic E-state index is 0.0668. The molecule has 0 saturated heterocycles. The fourth-order valence-electron chi connectivity index (χ4n) is 1.80. The Hall–Kier alpha value is -1.03. The first-order valence-electron chi connectivity index (χ1n) is 5.46. The fraction of sp³-hybridized carbons (Fsp3) is 0.417. The van der Waals surface area contributed by atoms with Crippen LogP contribution >= 0.6 is 15.9 Å². The molecule has 1 fully saturated rings. The molecule has 1 saturated carbocycles. The molecular formula is C12H15BrN2O. The lowest BCUT2D eigenvalue weighted by Gasteiger charge is -2.05. The quantitative estimate of drug-likeness (QED) is 0.817. The van der Waals surface area contributed by atoms with Crippen LogP contribution in [0.2, 0.25) is 0 Å². The Bertz CT molecular complexity index is 355. The molecule has 0 bridgehead atoms. The van der Waals surface area contributed by atoms with Gasteiger partial charge in [0.15, 0.2) is 0 Å². The van der Waals surface area contributed by atoms with Crippen LogP contribution in [0.15, 0.2) is 30.3 Å². The van der Waals surface area contributed by atoms with Gasteiger partial charge in [0.05, 0.1) is 0 Å². The van der Waals surface area contributed by atoms with Crippen LogP contribution in [0, 0.1) is 0 Å². The SMILES string of the molecule is O=C(NCCBr)N[C@@H]1C[C@@H]1c1ccccc1. The smallest absolute Gasteiger partial charge is 0.315 e. The Balaban J connectivity index is 1.77. The van der Waals surface area contributed by atoms with Crippen LogP contribution < -0.4 is 10.6 Å². The molecule has 2 amide bonds. The molecule has 1 aromatic rings. The molecule has 0 heterocycles. The van der Waals surface area contributed by atoms with Gasteiger partial charge in [-0.15, -0.1) is 0 Å². The van der Waals surface area contributed by atoms with Crippen LogP contribution in [0.4, 0.5) is 4.79 Å². The first-order valence-corrected chi connectivity index (χ1v) is 6.58. The lowest BCUT2D eigenvalue weighted by molar-refractivity contribution is 0.241. The van der Waals surface area contributed by atoms with E-state index in [1.54, 1.807) is 0 Å². The standard InChI is InChI=1S/C12H15BrN2O/c13-6-7-14-12(16)15-11-8-10(11)9-4-2-1-3-5-9/h1-5,10-11H,6-8H2,(H2,14,15,16)/t10-,11-/m1/s1. The van der Waals surface area contributed by atoms with Crippen molar-refractivity contribution in [3.05, 3.63) is 35.9 Å². The molecule has 0 spiro atoms. The van der Waals surface area contributed by atoms with Gasteiger partial charge >= 0.3 is 6.03 Å². The molecule has 1 aliphatic rings. The molecule has 3 nitrogen and oxygen atoms in total. The maximum absolute atomic E-state index is 11.4. The average Bonchev–Trinajstić information content (AvgIpc) is 3.07. The van der Waals surface area contributed by atoms with Crippen molar-refractivity contribution in [2.75, 3.05) is 11.9 Å². The van der Waals surface area contributed by atoms with Gasteiger partial charge in [-0.3, -0.25) is 0 Å². The minimum atomic E-state index is -0.0668. The Labute approximate surface area is 104 Å². The van der Waals surface area contributed by atoms with E-state index in [4.69, 9.17) is 0 Å². The van der Waals surface area contributed by atoms with Gasteiger partial charge in [0.1, 0.15) is 0 Å². The first kappa shape index (κ1) is 11.5. The van der Waals surface area contributed by atoms with Crippen LogP contribution in [-0.2, 0) is 0 Å². The zero-order valence-corrected chi connectivity index (χ0v) is 10.5. The van der Waals surface area contributed by atoms with Gasteiger partial charge in [0.2, 0.25) is 0 Å². The molecule has 1 aliphatic carbocycles. The lowest BCUT2D eigenvalue weighted by atomic mass is 10.1. The summed E-state index contributed by atoms with van der Waals surface area (Å²) in [6, 6.07) is 10.5. The maximum atomic E-state index is 11.4. The van der Waals surface area contributed by atoms with Crippen LogP contribution in [0.3, 0.4) is 0 Å². The number of carbonyl (C=O) groups is 1. The molecule has 0 aromatic heterocycles. The second kappa shape index (κ2) is 5.34. The predicted molar refractivity (Wildman–Crippen MR) is 67.9 cm³/mol. The van der Waals surface area contributed by atoms with E-state index in [-0.39, 0.29) is 6.03 Å². The van der Waals surface area contributed by atoms with Crippen LogP contribution in [-0.4, -0.2) is 23.9 Å². The molecular weight excluding hydrogens is 268 g/mol. The Morgan fingerprint density at radius 2 is 2.12 bits per heavy atom. The number of rotatable bonds is 4. The summed E-state index contributed by atoms with van der Waals surface area (Å²) in [6.07, 6.45) is 1.05. The van der Waals surface area contributed by atoms with E-state index in [1.807, 2.05) is 18.2 Å². The molecule has 2 atom stereocenters. The summed E-state index contributed by atoms with van der Waals surface area (Å²) in [5.41, 5.74) is 1.31. The summed E-state index contributed by atoms with van der Waals surface area (Å²) in [5.74, 6) is 0.496. The van der Waals surface area contributed by atoms with Crippen molar-refractivity contribution in [3.63, 3.8) is 0 Å². The topological polar surface area (TPSA) is 41.1 Å². The third kappa shape index (κ3) is 2.98. The van der Waals surface area contributed by atoms with E-state index < -0.39 is 0 Å². The van der Waals surface area contributed by atoms with Crippen LogP contribution in [0.1, 0.15) is 17.9 Å². The third-order valence-electron chi connectivity index (χ3n) is 2.71. The van der Waals surface area contributed by atoms with E-state index in [9.17, 15) is 4.79 Å². The van der Waals surface area contributed by atoms with Crippen molar-refractivity contribution in [1.82, 2.24) is 10.6 Å². The van der Waals surface area contributed by atoms with E-state index in [1.165, 1.54) is 5.56 Å². The number of carbonyl (C=O) groups excluding carboxylic acids is 1. The van der Waals surface area contributed by atoms with E-state index in [0.717, 1.165) is 11.8 Å². The van der Waals surface area contributed by atoms with E-state index >= 15 is 0 Å². The van der Waals surface area contributed by atoms with Gasteiger partial charge in [-0.25, -0.2) is 4.79 Å². The number of urea groups is 1. The minimum Gasteiger partial charge on any atom is -0.337 e. The number of hydrogen-bond donors (Lipinski definition) is 2. The molecule has 0 aliphatic heterocycles. The largest absolute Gasteiger partial charge is 0.337 e. The van der Waals surface area contributed by atoms with Crippen molar-refractivity contribution in [3.8, 4) is 0 Å². The molecule has 0 radical (unpaired) electrons. The molecule has 86 valence electrons. The highest BCUT2D eigenvalue weighted by atomic mass is 79.9. The second-order valence-electron chi connectivity index (χ2n) is 3.95. The van der Waals surface area contributed by atoms with Gasteiger partial charge in [0, 0.05) is 23.8 Å². The van der Waals surface area contributed by atoms with Crippen molar-refractivity contribution in [2.24, 2.45) is 0 Å². The number of halogens is 1. The highest BCUT2D eigenvalue weighted by Crippen LogP contribution is 2.40.